The van der Waals surface area contributed by atoms with Gasteiger partial charge in [0.15, 0.2) is 11.9 Å². The van der Waals surface area contributed by atoms with Crippen LogP contribution in [0.15, 0.2) is 59.3 Å². The third-order valence-corrected chi connectivity index (χ3v) is 5.26. The number of morpholine rings is 1. The quantitative estimate of drug-likeness (QED) is 0.625. The van der Waals surface area contributed by atoms with E-state index in [-0.39, 0.29) is 11.2 Å². The van der Waals surface area contributed by atoms with Gasteiger partial charge in [0.1, 0.15) is 0 Å². The van der Waals surface area contributed by atoms with Crippen molar-refractivity contribution in [1.29, 1.82) is 0 Å². The molecule has 1 fully saturated rings. The predicted molar refractivity (Wildman–Crippen MR) is 116 cm³/mol. The zero-order chi connectivity index (χ0) is 21.6. The molecule has 0 spiro atoms. The molecule has 5 nitrogen and oxygen atoms in total. The van der Waals surface area contributed by atoms with Crippen LogP contribution in [0.4, 0.5) is 4.79 Å². The minimum Gasteiger partial charge on any atom is -0.438 e. The second-order valence-electron chi connectivity index (χ2n) is 8.41. The number of amides is 1. The number of allylic oxidation sites excluding steroid dienone is 8. The Morgan fingerprint density at radius 3 is 2.52 bits per heavy atom. The maximum absolute atomic E-state index is 12.9. The van der Waals surface area contributed by atoms with E-state index in [0.29, 0.717) is 38.3 Å². The molecular formula is C24H33NO4. The summed E-state index contributed by atoms with van der Waals surface area (Å²) in [5.41, 5.74) is 3.43. The molecule has 1 unspecified atom stereocenters. The number of carbonyl (C=O) groups is 2. The summed E-state index contributed by atoms with van der Waals surface area (Å²) in [7, 11) is 0. The Balaban J connectivity index is 2.14. The van der Waals surface area contributed by atoms with Gasteiger partial charge < -0.3 is 14.4 Å². The summed E-state index contributed by atoms with van der Waals surface area (Å²) in [6.07, 6.45) is 9.22. The van der Waals surface area contributed by atoms with Gasteiger partial charge in [-0.05, 0) is 37.3 Å². The molecule has 1 amide bonds. The van der Waals surface area contributed by atoms with Gasteiger partial charge in [-0.15, -0.1) is 0 Å². The highest BCUT2D eigenvalue weighted by Gasteiger charge is 2.40. The standard InChI is InChI=1S/C24H33NO4/c1-17(2)8-7-9-18(3)10-11-20-19(4)22(26)21(16-24(20,5)6)29-23(27)25-12-14-28-15-13-25/h7-11,21H,1,12-16H2,2-6H3/b8-7+,11-10+,18-9+. The lowest BCUT2D eigenvalue weighted by Gasteiger charge is -2.37. The Labute approximate surface area is 174 Å². The first-order valence-corrected chi connectivity index (χ1v) is 10.1. The average Bonchev–Trinajstić information content (AvgIpc) is 2.65. The maximum Gasteiger partial charge on any atom is 0.410 e. The third-order valence-electron chi connectivity index (χ3n) is 5.26. The van der Waals surface area contributed by atoms with Gasteiger partial charge in [0.2, 0.25) is 0 Å². The monoisotopic (exact) mass is 399 g/mol. The van der Waals surface area contributed by atoms with Crippen molar-refractivity contribution in [3.05, 3.63) is 59.3 Å². The van der Waals surface area contributed by atoms with Crippen molar-refractivity contribution in [1.82, 2.24) is 4.90 Å². The Bertz CT molecular complexity index is 777. The van der Waals surface area contributed by atoms with Crippen LogP contribution in [0.3, 0.4) is 0 Å². The van der Waals surface area contributed by atoms with Gasteiger partial charge in [0.25, 0.3) is 0 Å². The van der Waals surface area contributed by atoms with E-state index in [0.717, 1.165) is 16.7 Å². The Hall–Kier alpha value is -2.40. The topological polar surface area (TPSA) is 55.8 Å². The smallest absolute Gasteiger partial charge is 0.410 e. The van der Waals surface area contributed by atoms with Gasteiger partial charge in [-0.1, -0.05) is 62.0 Å². The molecule has 2 rings (SSSR count). The summed E-state index contributed by atoms with van der Waals surface area (Å²) in [5.74, 6) is -0.116. The molecule has 29 heavy (non-hydrogen) atoms. The highest BCUT2D eigenvalue weighted by atomic mass is 16.6. The lowest BCUT2D eigenvalue weighted by atomic mass is 9.71. The van der Waals surface area contributed by atoms with Crippen LogP contribution in [0, 0.1) is 5.41 Å². The van der Waals surface area contributed by atoms with Gasteiger partial charge in [-0.3, -0.25) is 4.79 Å². The number of nitrogens with zero attached hydrogens (tertiary/aromatic N) is 1. The van der Waals surface area contributed by atoms with Gasteiger partial charge in [-0.25, -0.2) is 4.79 Å². The maximum atomic E-state index is 12.9. The van der Waals surface area contributed by atoms with Gasteiger partial charge >= 0.3 is 6.09 Å². The van der Waals surface area contributed by atoms with Crippen molar-refractivity contribution in [3.8, 4) is 0 Å². The number of ether oxygens (including phenoxy) is 2. The van der Waals surface area contributed by atoms with E-state index in [4.69, 9.17) is 9.47 Å². The number of Topliss-reactive ketones (excluding diaryl/α,β-unsaturated/α-hetero) is 1. The molecule has 1 saturated heterocycles. The van der Waals surface area contributed by atoms with Crippen molar-refractivity contribution in [3.63, 3.8) is 0 Å². The molecule has 0 aromatic carbocycles. The van der Waals surface area contributed by atoms with Crippen LogP contribution in [-0.4, -0.2) is 49.2 Å². The van der Waals surface area contributed by atoms with Crippen LogP contribution in [0.25, 0.3) is 0 Å². The molecule has 1 atom stereocenters. The van der Waals surface area contributed by atoms with Crippen LogP contribution in [-0.2, 0) is 14.3 Å². The predicted octanol–water partition coefficient (Wildman–Crippen LogP) is 4.77. The first-order valence-electron chi connectivity index (χ1n) is 10.1. The van der Waals surface area contributed by atoms with Crippen LogP contribution in [0.5, 0.6) is 0 Å². The number of ketones is 1. The van der Waals surface area contributed by atoms with Crippen molar-refractivity contribution in [2.75, 3.05) is 26.3 Å². The summed E-state index contributed by atoms with van der Waals surface area (Å²) in [6, 6.07) is 0. The van der Waals surface area contributed by atoms with E-state index in [1.54, 1.807) is 4.90 Å². The highest BCUT2D eigenvalue weighted by molar-refractivity contribution is 6.01. The molecule has 1 aliphatic heterocycles. The third kappa shape index (κ3) is 6.29. The molecule has 0 aromatic heterocycles. The first kappa shape index (κ1) is 22.9. The van der Waals surface area contributed by atoms with Crippen molar-refractivity contribution in [2.45, 2.75) is 47.1 Å². The van der Waals surface area contributed by atoms with Gasteiger partial charge in [0.05, 0.1) is 13.2 Å². The van der Waals surface area contributed by atoms with Crippen LogP contribution in [0.2, 0.25) is 0 Å². The highest BCUT2D eigenvalue weighted by Crippen LogP contribution is 2.40. The summed E-state index contributed by atoms with van der Waals surface area (Å²) in [5, 5.41) is 0. The van der Waals surface area contributed by atoms with Crippen LogP contribution >= 0.6 is 0 Å². The second-order valence-corrected chi connectivity index (χ2v) is 8.41. The normalized spacial score (nSPS) is 23.2. The number of hydrogen-bond donors (Lipinski definition) is 0. The second kappa shape index (κ2) is 9.88. The lowest BCUT2D eigenvalue weighted by molar-refractivity contribution is -0.126. The van der Waals surface area contributed by atoms with Gasteiger partial charge in [0, 0.05) is 19.5 Å². The summed E-state index contributed by atoms with van der Waals surface area (Å²) < 4.78 is 10.9. The van der Waals surface area contributed by atoms with E-state index in [1.165, 1.54) is 0 Å². The summed E-state index contributed by atoms with van der Waals surface area (Å²) in [6.45, 7) is 15.8. The first-order chi connectivity index (χ1) is 13.6. The van der Waals surface area contributed by atoms with Crippen LogP contribution < -0.4 is 0 Å². The fourth-order valence-corrected chi connectivity index (χ4v) is 3.57. The minimum absolute atomic E-state index is 0.116. The fraction of sp³-hybridized carbons (Fsp3) is 0.500. The molecule has 0 radical (unpaired) electrons. The number of rotatable bonds is 5. The van der Waals surface area contributed by atoms with Crippen molar-refractivity contribution >= 4 is 11.9 Å². The lowest BCUT2D eigenvalue weighted by Crippen LogP contribution is -2.45. The van der Waals surface area contributed by atoms with E-state index in [2.05, 4.69) is 20.4 Å². The minimum atomic E-state index is -0.743. The Kier molecular flexibility index (Phi) is 7.80. The summed E-state index contributed by atoms with van der Waals surface area (Å²) >= 11 is 0. The molecule has 158 valence electrons. The molecule has 1 heterocycles. The van der Waals surface area contributed by atoms with E-state index >= 15 is 0 Å². The largest absolute Gasteiger partial charge is 0.438 e. The van der Waals surface area contributed by atoms with Crippen molar-refractivity contribution < 1.29 is 19.1 Å². The number of carbonyl (C=O) groups excluding carboxylic acids is 2. The molecule has 1 aliphatic carbocycles. The van der Waals surface area contributed by atoms with E-state index in [9.17, 15) is 9.59 Å². The van der Waals surface area contributed by atoms with Gasteiger partial charge in [-0.2, -0.15) is 0 Å². The zero-order valence-electron chi connectivity index (χ0n) is 18.3. The zero-order valence-corrected chi connectivity index (χ0v) is 18.3. The Morgan fingerprint density at radius 2 is 1.90 bits per heavy atom. The fourth-order valence-electron chi connectivity index (χ4n) is 3.57. The van der Waals surface area contributed by atoms with E-state index in [1.807, 2.05) is 51.2 Å². The molecule has 2 aliphatic rings. The molecule has 0 bridgehead atoms. The molecule has 0 saturated carbocycles. The van der Waals surface area contributed by atoms with Crippen molar-refractivity contribution in [2.24, 2.45) is 5.41 Å². The van der Waals surface area contributed by atoms with Crippen LogP contribution in [0.1, 0.15) is 41.0 Å². The average molecular weight is 400 g/mol. The molecular weight excluding hydrogens is 366 g/mol. The summed E-state index contributed by atoms with van der Waals surface area (Å²) in [4.78, 5) is 26.9. The Morgan fingerprint density at radius 1 is 1.24 bits per heavy atom. The number of hydrogen-bond acceptors (Lipinski definition) is 4. The molecule has 0 aromatic rings. The SMILES string of the molecule is C=C(C)/C=C/C=C(C)/C=C/C1=C(C)C(=O)C(OC(=O)N2CCOCC2)CC1(C)C. The molecule has 0 N–H and O–H groups in total. The molecule has 5 heteroatoms. The van der Waals surface area contributed by atoms with E-state index < -0.39 is 12.2 Å².